The molecule has 0 fully saturated rings. The summed E-state index contributed by atoms with van der Waals surface area (Å²) in [6.45, 7) is 10.7. The van der Waals surface area contributed by atoms with Crippen molar-refractivity contribution in [2.75, 3.05) is 33.9 Å². The van der Waals surface area contributed by atoms with Crippen LogP contribution in [0.4, 0.5) is 4.79 Å². The Bertz CT molecular complexity index is 438. The molecule has 0 heterocycles. The SMILES string of the molecule is CCC.CCN(CCNC(=O)OC)[C@@H](C)c1cccc(OC)c1. The summed E-state index contributed by atoms with van der Waals surface area (Å²) in [6, 6.07) is 8.32. The quantitative estimate of drug-likeness (QED) is 0.827. The molecule has 0 spiro atoms. The normalized spacial score (nSPS) is 11.3. The zero-order chi connectivity index (χ0) is 17.7. The molecule has 1 atom stereocenters. The van der Waals surface area contributed by atoms with Crippen LogP contribution in [0.15, 0.2) is 24.3 Å². The number of carbonyl (C=O) groups excluding carboxylic acids is 1. The molecule has 1 N–H and O–H groups in total. The van der Waals surface area contributed by atoms with Crippen molar-refractivity contribution in [3.05, 3.63) is 29.8 Å². The van der Waals surface area contributed by atoms with E-state index in [2.05, 4.69) is 48.7 Å². The molecular formula is C18H32N2O3. The first-order valence-electron chi connectivity index (χ1n) is 8.23. The highest BCUT2D eigenvalue weighted by Gasteiger charge is 2.14. The second-order valence-electron chi connectivity index (χ2n) is 5.21. The number of rotatable bonds is 7. The van der Waals surface area contributed by atoms with Crippen LogP contribution < -0.4 is 10.1 Å². The van der Waals surface area contributed by atoms with Crippen LogP contribution in [0.5, 0.6) is 5.75 Å². The van der Waals surface area contributed by atoms with Gasteiger partial charge in [0.1, 0.15) is 5.75 Å². The highest BCUT2D eigenvalue weighted by molar-refractivity contribution is 5.66. The van der Waals surface area contributed by atoms with Gasteiger partial charge in [-0.15, -0.1) is 0 Å². The van der Waals surface area contributed by atoms with E-state index in [1.54, 1.807) is 7.11 Å². The lowest BCUT2D eigenvalue weighted by atomic mass is 10.1. The summed E-state index contributed by atoms with van der Waals surface area (Å²) < 4.78 is 9.81. The maximum Gasteiger partial charge on any atom is 0.406 e. The van der Waals surface area contributed by atoms with E-state index in [-0.39, 0.29) is 6.04 Å². The predicted molar refractivity (Wildman–Crippen MR) is 95.0 cm³/mol. The molecule has 0 saturated carbocycles. The van der Waals surface area contributed by atoms with Gasteiger partial charge in [0.25, 0.3) is 0 Å². The molecule has 1 rings (SSSR count). The Morgan fingerprint density at radius 3 is 2.43 bits per heavy atom. The summed E-state index contributed by atoms with van der Waals surface area (Å²) >= 11 is 0. The molecule has 5 heteroatoms. The lowest BCUT2D eigenvalue weighted by Crippen LogP contribution is -2.36. The molecule has 0 bridgehead atoms. The Kier molecular flexibility index (Phi) is 11.8. The number of nitrogens with one attached hydrogen (secondary N) is 1. The molecule has 0 saturated heterocycles. The average molecular weight is 324 g/mol. The number of methoxy groups -OCH3 is 2. The second kappa shape index (κ2) is 12.8. The molecule has 0 aliphatic carbocycles. The minimum Gasteiger partial charge on any atom is -0.497 e. The van der Waals surface area contributed by atoms with Gasteiger partial charge in [-0.25, -0.2) is 4.79 Å². The van der Waals surface area contributed by atoms with Crippen LogP contribution in [0.25, 0.3) is 0 Å². The van der Waals surface area contributed by atoms with Crippen LogP contribution in [0.3, 0.4) is 0 Å². The van der Waals surface area contributed by atoms with Gasteiger partial charge >= 0.3 is 6.09 Å². The maximum atomic E-state index is 11.0. The first kappa shape index (κ1) is 21.2. The highest BCUT2D eigenvalue weighted by atomic mass is 16.5. The Labute approximate surface area is 141 Å². The molecule has 0 aromatic heterocycles. The summed E-state index contributed by atoms with van der Waals surface area (Å²) in [5.74, 6) is 0.859. The monoisotopic (exact) mass is 324 g/mol. The molecule has 132 valence electrons. The van der Waals surface area contributed by atoms with Crippen molar-refractivity contribution in [3.63, 3.8) is 0 Å². The standard InChI is InChI=1S/C15H24N2O3.C3H8/c1-5-17(10-9-16-15(18)20-4)12(2)13-7-6-8-14(11-13)19-3;1-3-2/h6-8,11-12H,5,9-10H2,1-4H3,(H,16,18);3H2,1-2H3/t12-;/m0./s1. The van der Waals surface area contributed by atoms with Crippen molar-refractivity contribution in [1.29, 1.82) is 0 Å². The summed E-state index contributed by atoms with van der Waals surface area (Å²) in [6.07, 6.45) is 0.857. The Morgan fingerprint density at radius 1 is 1.26 bits per heavy atom. The van der Waals surface area contributed by atoms with Crippen molar-refractivity contribution >= 4 is 6.09 Å². The summed E-state index contributed by atoms with van der Waals surface area (Å²) in [5, 5.41) is 2.70. The van der Waals surface area contributed by atoms with E-state index in [0.29, 0.717) is 6.54 Å². The summed E-state index contributed by atoms with van der Waals surface area (Å²) in [4.78, 5) is 13.3. The fourth-order valence-electron chi connectivity index (χ4n) is 2.11. The van der Waals surface area contributed by atoms with Crippen molar-refractivity contribution in [1.82, 2.24) is 10.2 Å². The van der Waals surface area contributed by atoms with Gasteiger partial charge in [0.2, 0.25) is 0 Å². The van der Waals surface area contributed by atoms with Crippen molar-refractivity contribution in [2.45, 2.75) is 40.2 Å². The largest absolute Gasteiger partial charge is 0.497 e. The van der Waals surface area contributed by atoms with E-state index < -0.39 is 6.09 Å². The summed E-state index contributed by atoms with van der Waals surface area (Å²) in [5.41, 5.74) is 1.20. The van der Waals surface area contributed by atoms with Gasteiger partial charge in [0, 0.05) is 19.1 Å². The third-order valence-corrected chi connectivity index (χ3v) is 3.38. The third-order valence-electron chi connectivity index (χ3n) is 3.38. The van der Waals surface area contributed by atoms with Crippen molar-refractivity contribution in [3.8, 4) is 5.75 Å². The zero-order valence-electron chi connectivity index (χ0n) is 15.4. The van der Waals surface area contributed by atoms with Crippen LogP contribution in [0, 0.1) is 0 Å². The molecule has 0 aliphatic heterocycles. The predicted octanol–water partition coefficient (Wildman–Crippen LogP) is 3.85. The Morgan fingerprint density at radius 2 is 1.91 bits per heavy atom. The smallest absolute Gasteiger partial charge is 0.406 e. The molecule has 1 aromatic carbocycles. The molecule has 0 radical (unpaired) electrons. The first-order chi connectivity index (χ1) is 11.0. The van der Waals surface area contributed by atoms with E-state index in [4.69, 9.17) is 4.74 Å². The number of carbonyl (C=O) groups is 1. The fraction of sp³-hybridized carbons (Fsp3) is 0.611. The topological polar surface area (TPSA) is 50.8 Å². The molecule has 1 amide bonds. The van der Waals surface area contributed by atoms with E-state index in [1.165, 1.54) is 19.1 Å². The molecular weight excluding hydrogens is 292 g/mol. The van der Waals surface area contributed by atoms with Gasteiger partial charge in [-0.2, -0.15) is 0 Å². The lowest BCUT2D eigenvalue weighted by molar-refractivity contribution is 0.165. The molecule has 0 unspecified atom stereocenters. The van der Waals surface area contributed by atoms with Gasteiger partial charge in [0.15, 0.2) is 0 Å². The number of hydrogen-bond donors (Lipinski definition) is 1. The number of benzene rings is 1. The van der Waals surface area contributed by atoms with E-state index in [9.17, 15) is 4.79 Å². The van der Waals surface area contributed by atoms with Gasteiger partial charge < -0.3 is 14.8 Å². The highest BCUT2D eigenvalue weighted by Crippen LogP contribution is 2.23. The second-order valence-corrected chi connectivity index (χ2v) is 5.21. The number of likely N-dealkylation sites (N-methyl/N-ethyl adjacent to an activating group) is 1. The van der Waals surface area contributed by atoms with Crippen molar-refractivity contribution < 1.29 is 14.3 Å². The van der Waals surface area contributed by atoms with Crippen LogP contribution in [-0.2, 0) is 4.74 Å². The summed E-state index contributed by atoms with van der Waals surface area (Å²) in [7, 11) is 3.04. The number of hydrogen-bond acceptors (Lipinski definition) is 4. The average Bonchev–Trinajstić information content (AvgIpc) is 2.58. The Balaban J connectivity index is 0.00000149. The first-order valence-corrected chi connectivity index (χ1v) is 8.23. The molecule has 23 heavy (non-hydrogen) atoms. The van der Waals surface area contributed by atoms with Crippen molar-refractivity contribution in [2.24, 2.45) is 0 Å². The number of alkyl carbamates (subject to hydrolysis) is 1. The van der Waals surface area contributed by atoms with Crippen LogP contribution in [0.2, 0.25) is 0 Å². The molecule has 5 nitrogen and oxygen atoms in total. The van der Waals surface area contributed by atoms with Crippen LogP contribution in [0.1, 0.15) is 45.7 Å². The number of nitrogens with zero attached hydrogens (tertiary/aromatic N) is 1. The van der Waals surface area contributed by atoms with E-state index >= 15 is 0 Å². The van der Waals surface area contributed by atoms with E-state index in [0.717, 1.165) is 18.8 Å². The minimum absolute atomic E-state index is 0.259. The molecule has 1 aromatic rings. The third kappa shape index (κ3) is 8.45. The van der Waals surface area contributed by atoms with E-state index in [1.807, 2.05) is 18.2 Å². The van der Waals surface area contributed by atoms with Gasteiger partial charge in [-0.05, 0) is 31.2 Å². The minimum atomic E-state index is -0.393. The van der Waals surface area contributed by atoms with Gasteiger partial charge in [0.05, 0.1) is 14.2 Å². The maximum absolute atomic E-state index is 11.0. The number of amides is 1. The Hall–Kier alpha value is -1.75. The zero-order valence-corrected chi connectivity index (χ0v) is 15.4. The fourth-order valence-corrected chi connectivity index (χ4v) is 2.11. The van der Waals surface area contributed by atoms with Crippen LogP contribution in [-0.4, -0.2) is 44.8 Å². The van der Waals surface area contributed by atoms with Crippen LogP contribution >= 0.6 is 0 Å². The lowest BCUT2D eigenvalue weighted by Gasteiger charge is -2.28. The molecule has 0 aliphatic rings. The van der Waals surface area contributed by atoms with Gasteiger partial charge in [-0.3, -0.25) is 4.90 Å². The number of ether oxygens (including phenoxy) is 2. The van der Waals surface area contributed by atoms with Gasteiger partial charge in [-0.1, -0.05) is 39.3 Å².